The highest BCUT2D eigenvalue weighted by Crippen LogP contribution is 2.35. The molecule has 5 heterocycles. The first kappa shape index (κ1) is 29.3. The average molecular weight is 630 g/mol. The smallest absolute Gasteiger partial charge is 0.231 e. The second-order valence-electron chi connectivity index (χ2n) is 12.3. The molecule has 3 aliphatic rings. The lowest BCUT2D eigenvalue weighted by Gasteiger charge is -2.37. The van der Waals surface area contributed by atoms with Gasteiger partial charge in [0, 0.05) is 55.7 Å². The number of amides is 2. The number of nitrogens with zero attached hydrogens (tertiary/aromatic N) is 6. The lowest BCUT2D eigenvalue weighted by molar-refractivity contribution is -0.128. The molecule has 4 N–H and O–H groups in total. The number of likely N-dealkylation sites (N-methyl/N-ethyl adjacent to an activating group) is 1. The molecule has 12 nitrogen and oxygen atoms in total. The molecule has 13 heteroatoms. The minimum Gasteiger partial charge on any atom is -0.382 e. The number of aryl methyl sites for hydroxylation is 1. The number of halogens is 1. The number of carbonyl (C=O) groups excluding carboxylic acids is 2. The van der Waals surface area contributed by atoms with Gasteiger partial charge in [0.1, 0.15) is 11.3 Å². The van der Waals surface area contributed by atoms with Crippen LogP contribution in [0.1, 0.15) is 43.4 Å². The Balaban J connectivity index is 1.02. The van der Waals surface area contributed by atoms with Crippen LogP contribution in [0, 0.1) is 5.92 Å². The summed E-state index contributed by atoms with van der Waals surface area (Å²) < 4.78 is 1.82. The number of benzene rings is 2. The van der Waals surface area contributed by atoms with Crippen LogP contribution in [-0.4, -0.2) is 69.1 Å². The van der Waals surface area contributed by atoms with Gasteiger partial charge in [-0.3, -0.25) is 14.3 Å². The number of fused-ring (bicyclic) bond motifs is 2. The number of piperidine rings is 2. The SMILES string of the molecule is C[C@@H]1CN(c2ncc(Cl)c(Nc3ccc4c(c3)CC(=O)N4C)n2)CC[C@H]1Nc1ccc2c([C@H]3CCC(O)NC3=O)nn(C)c2c1. The number of hydrogen-bond donors (Lipinski definition) is 4. The number of nitrogens with one attached hydrogen (secondary N) is 3. The number of aliphatic hydroxyl groups is 1. The molecule has 2 saturated heterocycles. The minimum atomic E-state index is -0.788. The van der Waals surface area contributed by atoms with Gasteiger partial charge in [-0.2, -0.15) is 10.1 Å². The average Bonchev–Trinajstić information content (AvgIpc) is 3.49. The molecular formula is C32H36ClN9O3. The van der Waals surface area contributed by atoms with Gasteiger partial charge in [0.05, 0.1) is 29.7 Å². The Morgan fingerprint density at radius 2 is 1.89 bits per heavy atom. The number of carbonyl (C=O) groups is 2. The number of rotatable bonds is 6. The van der Waals surface area contributed by atoms with Crippen molar-refractivity contribution in [3.05, 3.63) is 58.9 Å². The maximum Gasteiger partial charge on any atom is 0.231 e. The molecule has 0 spiro atoms. The fourth-order valence-corrected chi connectivity index (χ4v) is 6.86. The molecule has 1 unspecified atom stereocenters. The molecule has 2 fully saturated rings. The summed E-state index contributed by atoms with van der Waals surface area (Å²) in [6, 6.07) is 12.2. The largest absolute Gasteiger partial charge is 0.382 e. The highest BCUT2D eigenvalue weighted by atomic mass is 35.5. The molecule has 234 valence electrons. The number of anilines is 5. The zero-order valence-corrected chi connectivity index (χ0v) is 26.2. The van der Waals surface area contributed by atoms with E-state index in [9.17, 15) is 14.7 Å². The molecule has 2 aromatic carbocycles. The van der Waals surface area contributed by atoms with Crippen molar-refractivity contribution in [1.82, 2.24) is 25.1 Å². The van der Waals surface area contributed by atoms with E-state index in [0.717, 1.165) is 58.7 Å². The summed E-state index contributed by atoms with van der Waals surface area (Å²) in [5, 5.41) is 25.5. The summed E-state index contributed by atoms with van der Waals surface area (Å²) in [4.78, 5) is 37.8. The Bertz CT molecular complexity index is 1810. The molecule has 0 radical (unpaired) electrons. The Morgan fingerprint density at radius 3 is 2.69 bits per heavy atom. The van der Waals surface area contributed by atoms with E-state index in [1.54, 1.807) is 18.1 Å². The van der Waals surface area contributed by atoms with Crippen LogP contribution in [-0.2, 0) is 23.1 Å². The number of hydrogen-bond acceptors (Lipinski definition) is 9. The van der Waals surface area contributed by atoms with Crippen molar-refractivity contribution >= 4 is 63.1 Å². The van der Waals surface area contributed by atoms with Crippen LogP contribution in [0.3, 0.4) is 0 Å². The molecule has 3 aliphatic heterocycles. The van der Waals surface area contributed by atoms with Gasteiger partial charge in [0.25, 0.3) is 0 Å². The van der Waals surface area contributed by atoms with Gasteiger partial charge in [-0.15, -0.1) is 0 Å². The van der Waals surface area contributed by atoms with Gasteiger partial charge in [0.2, 0.25) is 17.8 Å². The Labute approximate surface area is 265 Å². The molecule has 0 bridgehead atoms. The van der Waals surface area contributed by atoms with E-state index in [4.69, 9.17) is 21.7 Å². The molecule has 2 aromatic heterocycles. The van der Waals surface area contributed by atoms with E-state index in [2.05, 4.69) is 44.9 Å². The van der Waals surface area contributed by atoms with Gasteiger partial charge >= 0.3 is 0 Å². The van der Waals surface area contributed by atoms with Gasteiger partial charge in [-0.1, -0.05) is 18.5 Å². The predicted molar refractivity (Wildman–Crippen MR) is 174 cm³/mol. The van der Waals surface area contributed by atoms with E-state index in [-0.39, 0.29) is 23.8 Å². The maximum atomic E-state index is 12.6. The van der Waals surface area contributed by atoms with Crippen LogP contribution in [0.4, 0.5) is 28.8 Å². The molecular weight excluding hydrogens is 594 g/mol. The monoisotopic (exact) mass is 629 g/mol. The van der Waals surface area contributed by atoms with Crippen LogP contribution < -0.4 is 25.8 Å². The van der Waals surface area contributed by atoms with Crippen molar-refractivity contribution in [3.8, 4) is 0 Å². The molecule has 4 atom stereocenters. The molecule has 45 heavy (non-hydrogen) atoms. The fourth-order valence-electron chi connectivity index (χ4n) is 6.72. The van der Waals surface area contributed by atoms with E-state index in [1.807, 2.05) is 36.0 Å². The molecule has 7 rings (SSSR count). The summed E-state index contributed by atoms with van der Waals surface area (Å²) in [7, 11) is 3.68. The second-order valence-corrected chi connectivity index (χ2v) is 12.7. The van der Waals surface area contributed by atoms with Crippen molar-refractivity contribution in [2.45, 2.75) is 50.8 Å². The summed E-state index contributed by atoms with van der Waals surface area (Å²) in [5.41, 5.74) is 5.42. The van der Waals surface area contributed by atoms with Crippen molar-refractivity contribution in [2.75, 3.05) is 40.6 Å². The topological polar surface area (TPSA) is 141 Å². The third kappa shape index (κ3) is 5.53. The van der Waals surface area contributed by atoms with E-state index in [1.165, 1.54) is 0 Å². The van der Waals surface area contributed by atoms with E-state index in [0.29, 0.717) is 42.0 Å². The first-order chi connectivity index (χ1) is 21.6. The third-order valence-corrected chi connectivity index (χ3v) is 9.53. The van der Waals surface area contributed by atoms with Crippen LogP contribution in [0.5, 0.6) is 0 Å². The summed E-state index contributed by atoms with van der Waals surface area (Å²) in [6.07, 6.45) is 3.19. The Hall–Kier alpha value is -4.42. The lowest BCUT2D eigenvalue weighted by Crippen LogP contribution is -2.46. The molecule has 4 aromatic rings. The van der Waals surface area contributed by atoms with E-state index >= 15 is 0 Å². The number of aliphatic hydroxyl groups excluding tert-OH is 1. The fraction of sp³-hybridized carbons (Fsp3) is 0.406. The Kier molecular flexibility index (Phi) is 7.49. The van der Waals surface area contributed by atoms with Crippen LogP contribution in [0.25, 0.3) is 10.9 Å². The van der Waals surface area contributed by atoms with Gasteiger partial charge in [-0.05, 0) is 67.1 Å². The highest BCUT2D eigenvalue weighted by Gasteiger charge is 2.32. The number of aromatic nitrogens is 4. The second kappa shape index (κ2) is 11.5. The lowest BCUT2D eigenvalue weighted by atomic mass is 9.92. The van der Waals surface area contributed by atoms with Crippen LogP contribution in [0.15, 0.2) is 42.6 Å². The van der Waals surface area contributed by atoms with Crippen molar-refractivity contribution < 1.29 is 14.7 Å². The molecule has 0 saturated carbocycles. The molecule has 0 aliphatic carbocycles. The minimum absolute atomic E-state index is 0.0792. The summed E-state index contributed by atoms with van der Waals surface area (Å²) in [6.45, 7) is 3.77. The predicted octanol–water partition coefficient (Wildman–Crippen LogP) is 3.92. The van der Waals surface area contributed by atoms with Gasteiger partial charge in [0.15, 0.2) is 5.82 Å². The summed E-state index contributed by atoms with van der Waals surface area (Å²) >= 11 is 6.49. The third-order valence-electron chi connectivity index (χ3n) is 9.26. The maximum absolute atomic E-state index is 12.6. The quantitative estimate of drug-likeness (QED) is 0.250. The van der Waals surface area contributed by atoms with E-state index < -0.39 is 6.23 Å². The van der Waals surface area contributed by atoms with Crippen LogP contribution in [0.2, 0.25) is 5.02 Å². The zero-order chi connectivity index (χ0) is 31.4. The highest BCUT2D eigenvalue weighted by molar-refractivity contribution is 6.32. The zero-order valence-electron chi connectivity index (χ0n) is 25.4. The van der Waals surface area contributed by atoms with Crippen LogP contribution >= 0.6 is 11.6 Å². The Morgan fingerprint density at radius 1 is 1.07 bits per heavy atom. The van der Waals surface area contributed by atoms with Crippen molar-refractivity contribution in [2.24, 2.45) is 13.0 Å². The summed E-state index contributed by atoms with van der Waals surface area (Å²) in [5.74, 6) is 0.973. The standard InChI is InChI=1S/C32H36ClN9O3/c1-17-16-42(32-34-15-23(33)30(38-32)36-19-5-8-25-18(12-19)13-28(44)40(25)2)11-10-24(17)35-20-4-6-21-26(14-20)41(3)39-29(21)22-7-9-27(43)37-31(22)45/h4-6,8,12,14-15,17,22,24,27,35,43H,7,9-11,13,16H2,1-3H3,(H,37,45)(H,34,36,38)/t17-,22-,24-,27?/m1/s1. The van der Waals surface area contributed by atoms with Gasteiger partial charge in [-0.25, -0.2) is 4.98 Å². The van der Waals surface area contributed by atoms with Gasteiger partial charge < -0.3 is 30.9 Å². The van der Waals surface area contributed by atoms with Crippen molar-refractivity contribution in [1.29, 1.82) is 0 Å². The van der Waals surface area contributed by atoms with Crippen molar-refractivity contribution in [3.63, 3.8) is 0 Å². The normalized spacial score (nSPS) is 23.3. The first-order valence-corrected chi connectivity index (χ1v) is 15.7. The first-order valence-electron chi connectivity index (χ1n) is 15.3. The molecule has 2 amide bonds.